The molecule has 4 aromatic rings. The molecule has 1 N–H and O–H groups in total. The van der Waals surface area contributed by atoms with Crippen LogP contribution in [0.15, 0.2) is 66.9 Å². The number of H-pyrrole nitrogens is 1. The van der Waals surface area contributed by atoms with E-state index in [9.17, 15) is 4.79 Å². The van der Waals surface area contributed by atoms with E-state index in [4.69, 9.17) is 16.3 Å². The van der Waals surface area contributed by atoms with E-state index in [0.717, 1.165) is 28.9 Å². The molecule has 0 aliphatic carbocycles. The van der Waals surface area contributed by atoms with Crippen molar-refractivity contribution in [2.45, 2.75) is 12.5 Å². The predicted octanol–water partition coefficient (Wildman–Crippen LogP) is 5.01. The van der Waals surface area contributed by atoms with Gasteiger partial charge in [0.2, 0.25) is 0 Å². The van der Waals surface area contributed by atoms with Crippen LogP contribution in [0.1, 0.15) is 33.2 Å². The van der Waals surface area contributed by atoms with E-state index in [1.54, 1.807) is 25.4 Å². The molecular formula is C24H20ClN3O2. The molecule has 0 bridgehead atoms. The maximum absolute atomic E-state index is 13.5. The van der Waals surface area contributed by atoms with E-state index >= 15 is 0 Å². The summed E-state index contributed by atoms with van der Waals surface area (Å²) in [6.07, 6.45) is 2.35. The molecule has 5 rings (SSSR count). The molecule has 3 heterocycles. The number of rotatable bonds is 3. The normalized spacial score (nSPS) is 15.8. The molecule has 1 aliphatic rings. The lowest BCUT2D eigenvalue weighted by molar-refractivity contribution is 0.0691. The highest BCUT2D eigenvalue weighted by atomic mass is 35.5. The van der Waals surface area contributed by atoms with Crippen LogP contribution in [-0.2, 0) is 6.42 Å². The summed E-state index contributed by atoms with van der Waals surface area (Å²) in [5.41, 5.74) is 4.91. The lowest BCUT2D eigenvalue weighted by Gasteiger charge is -2.36. The Labute approximate surface area is 179 Å². The molecular weight excluding hydrogens is 398 g/mol. The molecule has 6 heteroatoms. The first-order chi connectivity index (χ1) is 14.7. The standard InChI is InChI=1S/C24H20ClN3O2/c1-30-17-6-4-5-15(13-17)23-22-19(18-7-2-3-8-20(18)27-22)10-12-28(23)24(29)16-9-11-26-21(25)14-16/h2-9,11,13-14,23,27H,10,12H2,1H3. The van der Waals surface area contributed by atoms with Crippen LogP contribution in [0, 0.1) is 0 Å². The molecule has 1 aliphatic heterocycles. The van der Waals surface area contributed by atoms with E-state index in [0.29, 0.717) is 17.3 Å². The van der Waals surface area contributed by atoms with Crippen LogP contribution >= 0.6 is 11.6 Å². The molecule has 0 radical (unpaired) electrons. The van der Waals surface area contributed by atoms with E-state index in [1.807, 2.05) is 41.3 Å². The second-order valence-electron chi connectivity index (χ2n) is 7.36. The van der Waals surface area contributed by atoms with Crippen molar-refractivity contribution in [2.75, 3.05) is 13.7 Å². The Bertz CT molecular complexity index is 1250. The topological polar surface area (TPSA) is 58.2 Å². The average molecular weight is 418 g/mol. The number of pyridine rings is 1. The summed E-state index contributed by atoms with van der Waals surface area (Å²) in [5.74, 6) is 0.687. The minimum atomic E-state index is -0.254. The van der Waals surface area contributed by atoms with Crippen molar-refractivity contribution < 1.29 is 9.53 Å². The maximum atomic E-state index is 13.5. The maximum Gasteiger partial charge on any atom is 0.254 e. The lowest BCUT2D eigenvalue weighted by Crippen LogP contribution is -2.40. The summed E-state index contributed by atoms with van der Waals surface area (Å²) in [6.45, 7) is 0.607. The van der Waals surface area contributed by atoms with Gasteiger partial charge in [0.25, 0.3) is 5.91 Å². The number of hydrogen-bond donors (Lipinski definition) is 1. The Hall–Kier alpha value is -3.31. The average Bonchev–Trinajstić information content (AvgIpc) is 3.16. The molecule has 30 heavy (non-hydrogen) atoms. The van der Waals surface area contributed by atoms with Crippen molar-refractivity contribution in [2.24, 2.45) is 0 Å². The number of aromatic amines is 1. The number of amides is 1. The molecule has 1 atom stereocenters. The van der Waals surface area contributed by atoms with Gasteiger partial charge in [-0.25, -0.2) is 4.98 Å². The number of ether oxygens (including phenoxy) is 1. The smallest absolute Gasteiger partial charge is 0.254 e. The Morgan fingerprint density at radius 3 is 2.87 bits per heavy atom. The number of hydrogen-bond acceptors (Lipinski definition) is 3. The van der Waals surface area contributed by atoms with Crippen molar-refractivity contribution in [1.29, 1.82) is 0 Å². The Balaban J connectivity index is 1.67. The Kier molecular flexibility index (Phi) is 4.68. The molecule has 2 aromatic heterocycles. The first-order valence-electron chi connectivity index (χ1n) is 9.81. The first-order valence-corrected chi connectivity index (χ1v) is 10.2. The van der Waals surface area contributed by atoms with Gasteiger partial charge < -0.3 is 14.6 Å². The summed E-state index contributed by atoms with van der Waals surface area (Å²) in [6, 6.07) is 19.2. The third kappa shape index (κ3) is 3.12. The number of methoxy groups -OCH3 is 1. The number of benzene rings is 2. The van der Waals surface area contributed by atoms with Crippen LogP contribution < -0.4 is 4.74 Å². The molecule has 0 saturated heterocycles. The van der Waals surface area contributed by atoms with E-state index < -0.39 is 0 Å². The number of halogens is 1. The summed E-state index contributed by atoms with van der Waals surface area (Å²) in [7, 11) is 1.65. The lowest BCUT2D eigenvalue weighted by atomic mass is 9.91. The summed E-state index contributed by atoms with van der Waals surface area (Å²) >= 11 is 6.05. The number of para-hydroxylation sites is 1. The van der Waals surface area contributed by atoms with Crippen molar-refractivity contribution in [3.05, 3.63) is 94.4 Å². The number of nitrogens with one attached hydrogen (secondary N) is 1. The summed E-state index contributed by atoms with van der Waals surface area (Å²) in [4.78, 5) is 23.0. The largest absolute Gasteiger partial charge is 0.497 e. The monoisotopic (exact) mass is 417 g/mol. The Morgan fingerprint density at radius 1 is 1.17 bits per heavy atom. The molecule has 150 valence electrons. The number of carbonyl (C=O) groups excluding carboxylic acids is 1. The second kappa shape index (κ2) is 7.50. The van der Waals surface area contributed by atoms with Crippen LogP contribution in [0.2, 0.25) is 5.15 Å². The fraction of sp³-hybridized carbons (Fsp3) is 0.167. The number of aromatic nitrogens is 2. The van der Waals surface area contributed by atoms with Crippen LogP contribution in [0.25, 0.3) is 10.9 Å². The van der Waals surface area contributed by atoms with Gasteiger partial charge in [0.15, 0.2) is 0 Å². The van der Waals surface area contributed by atoms with Gasteiger partial charge in [0.1, 0.15) is 10.9 Å². The van der Waals surface area contributed by atoms with Crippen molar-refractivity contribution in [1.82, 2.24) is 14.9 Å². The molecule has 2 aromatic carbocycles. The van der Waals surface area contributed by atoms with Gasteiger partial charge in [-0.1, -0.05) is 41.9 Å². The van der Waals surface area contributed by atoms with E-state index in [-0.39, 0.29) is 11.9 Å². The highest BCUT2D eigenvalue weighted by molar-refractivity contribution is 6.29. The van der Waals surface area contributed by atoms with Gasteiger partial charge in [-0.15, -0.1) is 0 Å². The fourth-order valence-corrected chi connectivity index (χ4v) is 4.49. The quantitative estimate of drug-likeness (QED) is 0.476. The SMILES string of the molecule is COc1cccc(C2c3[nH]c4ccccc4c3CCN2C(=O)c2ccnc(Cl)c2)c1. The number of carbonyl (C=O) groups is 1. The predicted molar refractivity (Wildman–Crippen MR) is 117 cm³/mol. The zero-order chi connectivity index (χ0) is 20.7. The molecule has 0 saturated carbocycles. The molecule has 1 unspecified atom stereocenters. The van der Waals surface area contributed by atoms with Crippen LogP contribution in [0.4, 0.5) is 0 Å². The zero-order valence-corrected chi connectivity index (χ0v) is 17.2. The minimum Gasteiger partial charge on any atom is -0.497 e. The van der Waals surface area contributed by atoms with Crippen LogP contribution in [-0.4, -0.2) is 34.4 Å². The molecule has 5 nitrogen and oxygen atoms in total. The highest BCUT2D eigenvalue weighted by Crippen LogP contribution is 2.39. The van der Waals surface area contributed by atoms with Gasteiger partial charge in [0.05, 0.1) is 13.2 Å². The van der Waals surface area contributed by atoms with Gasteiger partial charge in [-0.3, -0.25) is 4.79 Å². The van der Waals surface area contributed by atoms with Gasteiger partial charge in [0, 0.05) is 34.9 Å². The zero-order valence-electron chi connectivity index (χ0n) is 16.4. The number of fused-ring (bicyclic) bond motifs is 3. The number of nitrogens with zero attached hydrogens (tertiary/aromatic N) is 2. The van der Waals surface area contributed by atoms with Gasteiger partial charge in [-0.05, 0) is 47.9 Å². The third-order valence-electron chi connectivity index (χ3n) is 5.68. The van der Waals surface area contributed by atoms with Gasteiger partial charge >= 0.3 is 0 Å². The summed E-state index contributed by atoms with van der Waals surface area (Å²) < 4.78 is 5.45. The van der Waals surface area contributed by atoms with Crippen molar-refractivity contribution in [3.63, 3.8) is 0 Å². The third-order valence-corrected chi connectivity index (χ3v) is 5.89. The van der Waals surface area contributed by atoms with E-state index in [2.05, 4.69) is 22.1 Å². The minimum absolute atomic E-state index is 0.0728. The second-order valence-corrected chi connectivity index (χ2v) is 7.74. The van der Waals surface area contributed by atoms with Crippen LogP contribution in [0.5, 0.6) is 5.75 Å². The van der Waals surface area contributed by atoms with Crippen molar-refractivity contribution in [3.8, 4) is 5.75 Å². The Morgan fingerprint density at radius 2 is 2.03 bits per heavy atom. The highest BCUT2D eigenvalue weighted by Gasteiger charge is 2.35. The van der Waals surface area contributed by atoms with Crippen molar-refractivity contribution >= 4 is 28.4 Å². The van der Waals surface area contributed by atoms with E-state index in [1.165, 1.54) is 10.9 Å². The molecule has 1 amide bonds. The van der Waals surface area contributed by atoms with Crippen LogP contribution in [0.3, 0.4) is 0 Å². The summed E-state index contributed by atoms with van der Waals surface area (Å²) in [5, 5.41) is 1.52. The molecule has 0 spiro atoms. The first kappa shape index (κ1) is 18.7. The molecule has 0 fully saturated rings. The fourth-order valence-electron chi connectivity index (χ4n) is 4.32. The van der Waals surface area contributed by atoms with Gasteiger partial charge in [-0.2, -0.15) is 0 Å².